The number of pyridine rings is 2. The first-order valence-electron chi connectivity index (χ1n) is 10.3. The Kier molecular flexibility index (Phi) is 2.88. The Morgan fingerprint density at radius 1 is 0.889 bits per heavy atom. The summed E-state index contributed by atoms with van der Waals surface area (Å²) in [5.41, 5.74) is 6.01. The van der Waals surface area contributed by atoms with E-state index < -0.39 is 6.85 Å². The summed E-state index contributed by atoms with van der Waals surface area (Å²) in [7, 11) is 0. The molecular weight excluding hydrogens is 332 g/mol. The zero-order chi connectivity index (χ0) is 20.9. The predicted octanol–water partition coefficient (Wildman–Crippen LogP) is 6.33. The van der Waals surface area contributed by atoms with Gasteiger partial charge in [0.15, 0.2) is 0 Å². The zero-order valence-electron chi connectivity index (χ0n) is 17.7. The van der Waals surface area contributed by atoms with Gasteiger partial charge in [-0.25, -0.2) is 4.98 Å². The third-order valence-corrected chi connectivity index (χ3v) is 4.75. The van der Waals surface area contributed by atoms with Crippen LogP contribution in [0.5, 0.6) is 0 Å². The van der Waals surface area contributed by atoms with Gasteiger partial charge in [0, 0.05) is 32.3 Å². The molecule has 130 valence electrons. The van der Waals surface area contributed by atoms with E-state index in [1.807, 2.05) is 36.4 Å². The highest BCUT2D eigenvalue weighted by molar-refractivity contribution is 6.08. The van der Waals surface area contributed by atoms with Crippen LogP contribution in [0.15, 0.2) is 77.3 Å². The second-order valence-corrected chi connectivity index (χ2v) is 6.63. The van der Waals surface area contributed by atoms with E-state index in [0.717, 1.165) is 33.2 Å². The van der Waals surface area contributed by atoms with E-state index in [0.29, 0.717) is 11.3 Å². The number of furan rings is 1. The average Bonchev–Trinajstić information content (AvgIpc) is 3.11. The third-order valence-electron chi connectivity index (χ3n) is 4.75. The second kappa shape index (κ2) is 6.06. The maximum Gasteiger partial charge on any atom is 0.227 e. The molecule has 0 saturated heterocycles. The van der Waals surface area contributed by atoms with E-state index in [2.05, 4.69) is 35.1 Å². The van der Waals surface area contributed by atoms with Crippen molar-refractivity contribution in [2.75, 3.05) is 0 Å². The molecule has 3 aromatic heterocycles. The largest absolute Gasteiger partial charge is 0.437 e. The maximum absolute atomic E-state index is 7.60. The lowest BCUT2D eigenvalue weighted by atomic mass is 10.0. The van der Waals surface area contributed by atoms with Crippen LogP contribution in [0.25, 0.3) is 44.5 Å². The highest BCUT2D eigenvalue weighted by atomic mass is 16.3. The summed E-state index contributed by atoms with van der Waals surface area (Å²) in [6.45, 7) is -0.207. The average molecular weight is 353 g/mol. The Labute approximate surface area is 161 Å². The molecule has 0 amide bonds. The van der Waals surface area contributed by atoms with Gasteiger partial charge in [-0.2, -0.15) is 0 Å². The molecule has 0 radical (unpaired) electrons. The standard InChI is InChI=1S/C24H18N2O/c1-15-5-3-6-17(13-15)18-11-12-25-22(14-18)21-8-4-7-19-20-10-9-16(2)26-24(20)27-23(19)21/h3-14H,1-2H3/i2D3. The summed E-state index contributed by atoms with van der Waals surface area (Å²) in [5, 5.41) is 1.67. The number of benzene rings is 2. The normalized spacial score (nSPS) is 13.4. The van der Waals surface area contributed by atoms with Gasteiger partial charge in [-0.3, -0.25) is 4.98 Å². The lowest BCUT2D eigenvalue weighted by Gasteiger charge is -2.06. The van der Waals surface area contributed by atoms with Crippen LogP contribution in [0.2, 0.25) is 0 Å². The summed E-state index contributed by atoms with van der Waals surface area (Å²) in [6, 6.07) is 21.5. The van der Waals surface area contributed by atoms with Crippen molar-refractivity contribution in [3.05, 3.63) is 84.2 Å². The molecule has 0 aliphatic heterocycles. The fourth-order valence-corrected chi connectivity index (χ4v) is 3.46. The molecule has 0 atom stereocenters. The van der Waals surface area contributed by atoms with Crippen LogP contribution in [-0.4, -0.2) is 9.97 Å². The number of hydrogen-bond acceptors (Lipinski definition) is 3. The number of rotatable bonds is 2. The fraction of sp³-hybridized carbons (Fsp3) is 0.0833. The van der Waals surface area contributed by atoms with Crippen LogP contribution < -0.4 is 0 Å². The summed E-state index contributed by atoms with van der Waals surface area (Å²) in [6.07, 6.45) is 1.79. The van der Waals surface area contributed by atoms with Crippen LogP contribution in [0.3, 0.4) is 0 Å². The van der Waals surface area contributed by atoms with Gasteiger partial charge >= 0.3 is 0 Å². The van der Waals surface area contributed by atoms with Gasteiger partial charge < -0.3 is 4.42 Å². The summed E-state index contributed by atoms with van der Waals surface area (Å²) < 4.78 is 28.8. The first-order chi connectivity index (χ1) is 14.4. The number of aryl methyl sites for hydroxylation is 2. The lowest BCUT2D eigenvalue weighted by Crippen LogP contribution is -1.86. The number of para-hydroxylation sites is 1. The number of aromatic nitrogens is 2. The van der Waals surface area contributed by atoms with E-state index in [1.165, 1.54) is 11.6 Å². The van der Waals surface area contributed by atoms with E-state index >= 15 is 0 Å². The molecule has 2 aromatic carbocycles. The summed E-state index contributed by atoms with van der Waals surface area (Å²) in [5.74, 6) is 0. The van der Waals surface area contributed by atoms with E-state index in [-0.39, 0.29) is 5.69 Å². The number of hydrogen-bond donors (Lipinski definition) is 0. The van der Waals surface area contributed by atoms with Crippen molar-refractivity contribution < 1.29 is 8.53 Å². The topological polar surface area (TPSA) is 38.9 Å². The van der Waals surface area contributed by atoms with Gasteiger partial charge in [0.2, 0.25) is 5.71 Å². The Hall–Kier alpha value is -3.46. The smallest absolute Gasteiger partial charge is 0.227 e. The molecule has 0 unspecified atom stereocenters. The highest BCUT2D eigenvalue weighted by Crippen LogP contribution is 2.35. The fourth-order valence-electron chi connectivity index (χ4n) is 3.46. The molecule has 0 fully saturated rings. The van der Waals surface area contributed by atoms with Gasteiger partial charge in [0.1, 0.15) is 5.58 Å². The first kappa shape index (κ1) is 12.8. The van der Waals surface area contributed by atoms with Gasteiger partial charge in [-0.1, -0.05) is 42.0 Å². The zero-order valence-corrected chi connectivity index (χ0v) is 14.7. The maximum atomic E-state index is 7.60. The predicted molar refractivity (Wildman–Crippen MR) is 110 cm³/mol. The van der Waals surface area contributed by atoms with Crippen LogP contribution in [-0.2, 0) is 0 Å². The van der Waals surface area contributed by atoms with Crippen LogP contribution in [0, 0.1) is 13.8 Å². The minimum absolute atomic E-state index is 0.0233. The highest BCUT2D eigenvalue weighted by Gasteiger charge is 2.14. The van der Waals surface area contributed by atoms with Gasteiger partial charge in [0.25, 0.3) is 0 Å². The molecule has 0 aliphatic carbocycles. The first-order valence-corrected chi connectivity index (χ1v) is 8.76. The number of fused-ring (bicyclic) bond motifs is 3. The van der Waals surface area contributed by atoms with E-state index in [9.17, 15) is 0 Å². The molecular formula is C24H18N2O. The van der Waals surface area contributed by atoms with Crippen molar-refractivity contribution in [2.24, 2.45) is 0 Å². The Morgan fingerprint density at radius 2 is 1.78 bits per heavy atom. The molecule has 0 bridgehead atoms. The molecule has 3 heteroatoms. The molecule has 0 aliphatic rings. The van der Waals surface area contributed by atoms with Crippen molar-refractivity contribution in [2.45, 2.75) is 13.8 Å². The molecule has 0 N–H and O–H groups in total. The van der Waals surface area contributed by atoms with Crippen LogP contribution in [0.1, 0.15) is 15.4 Å². The second-order valence-electron chi connectivity index (χ2n) is 6.63. The molecule has 0 saturated carbocycles. The minimum Gasteiger partial charge on any atom is -0.437 e. The van der Waals surface area contributed by atoms with Crippen LogP contribution >= 0.6 is 0 Å². The lowest BCUT2D eigenvalue weighted by molar-refractivity contribution is 0.653. The van der Waals surface area contributed by atoms with E-state index in [1.54, 1.807) is 12.3 Å². The third kappa shape index (κ3) is 2.68. The van der Waals surface area contributed by atoms with Crippen molar-refractivity contribution in [1.82, 2.24) is 9.97 Å². The molecule has 5 rings (SSSR count). The van der Waals surface area contributed by atoms with Gasteiger partial charge in [-0.15, -0.1) is 0 Å². The molecule has 5 aromatic rings. The Balaban J connectivity index is 1.69. The van der Waals surface area contributed by atoms with Gasteiger partial charge in [-0.05, 0) is 55.2 Å². The number of nitrogens with zero attached hydrogens (tertiary/aromatic N) is 2. The molecule has 0 spiro atoms. The minimum atomic E-state index is -2.28. The SMILES string of the molecule is [2H]C([2H])([2H])c1ccc2c(n1)oc1c(-c3cc(-c4cccc(C)c4)ccn3)cccc12. The Bertz CT molecular complexity index is 1400. The molecule has 3 nitrogen and oxygen atoms in total. The Morgan fingerprint density at radius 3 is 2.67 bits per heavy atom. The van der Waals surface area contributed by atoms with Crippen molar-refractivity contribution in [3.8, 4) is 22.4 Å². The molecule has 27 heavy (non-hydrogen) atoms. The quantitative estimate of drug-likeness (QED) is 0.372. The van der Waals surface area contributed by atoms with Crippen LogP contribution in [0.4, 0.5) is 0 Å². The van der Waals surface area contributed by atoms with Crippen molar-refractivity contribution in [3.63, 3.8) is 0 Å². The summed E-state index contributed by atoms with van der Waals surface area (Å²) >= 11 is 0. The van der Waals surface area contributed by atoms with Crippen molar-refractivity contribution in [1.29, 1.82) is 0 Å². The van der Waals surface area contributed by atoms with Gasteiger partial charge in [0.05, 0.1) is 5.69 Å². The van der Waals surface area contributed by atoms with Crippen molar-refractivity contribution >= 4 is 22.1 Å². The monoisotopic (exact) mass is 353 g/mol. The summed E-state index contributed by atoms with van der Waals surface area (Å²) in [4.78, 5) is 8.81. The van der Waals surface area contributed by atoms with E-state index in [4.69, 9.17) is 8.53 Å². The molecule has 3 heterocycles.